The highest BCUT2D eigenvalue weighted by molar-refractivity contribution is 7.09. The van der Waals surface area contributed by atoms with Crippen molar-refractivity contribution in [2.45, 2.75) is 26.8 Å². The van der Waals surface area contributed by atoms with Crippen molar-refractivity contribution >= 4 is 11.3 Å². The normalized spacial score (nSPS) is 10.6. The molecule has 0 fully saturated rings. The van der Waals surface area contributed by atoms with Crippen LogP contribution in [-0.4, -0.2) is 9.55 Å². The van der Waals surface area contributed by atoms with E-state index in [2.05, 4.69) is 4.98 Å². The Labute approximate surface area is 98.4 Å². The number of aromatic nitrogens is 2. The molecule has 0 saturated carbocycles. The fourth-order valence-corrected chi connectivity index (χ4v) is 2.35. The maximum atomic E-state index is 11.6. The van der Waals surface area contributed by atoms with E-state index in [4.69, 9.17) is 0 Å². The average molecular weight is 234 g/mol. The molecule has 0 N–H and O–H groups in total. The van der Waals surface area contributed by atoms with Gasteiger partial charge in [-0.25, -0.2) is 4.98 Å². The first kappa shape index (κ1) is 11.1. The van der Waals surface area contributed by atoms with Crippen LogP contribution < -0.4 is 5.56 Å². The molecular weight excluding hydrogens is 220 g/mol. The van der Waals surface area contributed by atoms with E-state index < -0.39 is 0 Å². The second kappa shape index (κ2) is 4.61. The molecule has 3 nitrogen and oxygen atoms in total. The highest BCUT2D eigenvalue weighted by atomic mass is 32.1. The quantitative estimate of drug-likeness (QED) is 0.815. The van der Waals surface area contributed by atoms with Crippen molar-refractivity contribution in [1.82, 2.24) is 9.55 Å². The fourth-order valence-electron chi connectivity index (χ4n) is 1.58. The van der Waals surface area contributed by atoms with Gasteiger partial charge in [0.25, 0.3) is 5.56 Å². The predicted octanol–water partition coefficient (Wildman–Crippen LogP) is 2.16. The molecule has 2 aromatic heterocycles. The number of hydrogen-bond donors (Lipinski definition) is 0. The first-order chi connectivity index (χ1) is 7.66. The Morgan fingerprint density at radius 3 is 2.88 bits per heavy atom. The van der Waals surface area contributed by atoms with Crippen LogP contribution in [0.25, 0.3) is 0 Å². The van der Waals surface area contributed by atoms with Crippen molar-refractivity contribution in [3.05, 3.63) is 50.3 Å². The molecule has 2 heterocycles. The minimum atomic E-state index is 0.0715. The lowest BCUT2D eigenvalue weighted by Gasteiger charge is -2.04. The van der Waals surface area contributed by atoms with E-state index in [0.717, 1.165) is 24.2 Å². The summed E-state index contributed by atoms with van der Waals surface area (Å²) in [4.78, 5) is 17.1. The average Bonchev–Trinajstić information content (AvgIpc) is 2.63. The van der Waals surface area contributed by atoms with Crippen LogP contribution in [0.1, 0.15) is 16.1 Å². The van der Waals surface area contributed by atoms with E-state index in [1.807, 2.05) is 31.6 Å². The summed E-state index contributed by atoms with van der Waals surface area (Å²) in [6.07, 6.45) is 2.73. The maximum Gasteiger partial charge on any atom is 0.250 e. The van der Waals surface area contributed by atoms with E-state index in [-0.39, 0.29) is 5.56 Å². The van der Waals surface area contributed by atoms with E-state index in [0.29, 0.717) is 0 Å². The topological polar surface area (TPSA) is 34.9 Å². The number of hydrogen-bond acceptors (Lipinski definition) is 3. The predicted molar refractivity (Wildman–Crippen MR) is 66.0 cm³/mol. The van der Waals surface area contributed by atoms with Crippen LogP contribution in [0.15, 0.2) is 28.6 Å². The monoisotopic (exact) mass is 234 g/mol. The van der Waals surface area contributed by atoms with Gasteiger partial charge in [-0.15, -0.1) is 11.3 Å². The van der Waals surface area contributed by atoms with Gasteiger partial charge in [-0.1, -0.05) is 0 Å². The fraction of sp³-hybridized carbons (Fsp3) is 0.333. The lowest BCUT2D eigenvalue weighted by atomic mass is 10.2. The van der Waals surface area contributed by atoms with Gasteiger partial charge in [-0.05, 0) is 25.5 Å². The minimum absolute atomic E-state index is 0.0715. The smallest absolute Gasteiger partial charge is 0.250 e. The first-order valence-corrected chi connectivity index (χ1v) is 6.11. The van der Waals surface area contributed by atoms with Gasteiger partial charge in [0, 0.05) is 30.1 Å². The zero-order chi connectivity index (χ0) is 11.5. The molecule has 0 atom stereocenters. The number of nitrogens with zero attached hydrogens (tertiary/aromatic N) is 2. The summed E-state index contributed by atoms with van der Waals surface area (Å²) in [6.45, 7) is 4.66. The van der Waals surface area contributed by atoms with Gasteiger partial charge in [0.1, 0.15) is 0 Å². The van der Waals surface area contributed by atoms with E-state index in [1.54, 1.807) is 22.0 Å². The third-order valence-corrected chi connectivity index (χ3v) is 3.57. The summed E-state index contributed by atoms with van der Waals surface area (Å²) in [6, 6.07) is 3.63. The summed E-state index contributed by atoms with van der Waals surface area (Å²) >= 11 is 1.65. The Balaban J connectivity index is 2.11. The van der Waals surface area contributed by atoms with E-state index in [9.17, 15) is 4.79 Å². The van der Waals surface area contributed by atoms with E-state index in [1.165, 1.54) is 4.88 Å². The van der Waals surface area contributed by atoms with Crippen LogP contribution in [-0.2, 0) is 13.0 Å². The molecule has 0 radical (unpaired) electrons. The van der Waals surface area contributed by atoms with Crippen LogP contribution in [0.3, 0.4) is 0 Å². The maximum absolute atomic E-state index is 11.6. The molecule has 4 heteroatoms. The van der Waals surface area contributed by atoms with Gasteiger partial charge in [0.15, 0.2) is 0 Å². The van der Waals surface area contributed by atoms with Crippen molar-refractivity contribution in [1.29, 1.82) is 0 Å². The van der Waals surface area contributed by atoms with Crippen LogP contribution in [0.5, 0.6) is 0 Å². The number of aryl methyl sites for hydroxylation is 4. The number of rotatable bonds is 3. The molecule has 0 aromatic carbocycles. The molecular formula is C12H14N2OS. The van der Waals surface area contributed by atoms with Gasteiger partial charge < -0.3 is 4.57 Å². The van der Waals surface area contributed by atoms with Crippen molar-refractivity contribution in [2.75, 3.05) is 0 Å². The molecule has 2 aromatic rings. The summed E-state index contributed by atoms with van der Waals surface area (Å²) in [5, 5.41) is 0. The lowest BCUT2D eigenvalue weighted by molar-refractivity contribution is 0.671. The third kappa shape index (κ3) is 2.39. The van der Waals surface area contributed by atoms with Crippen molar-refractivity contribution in [3.8, 4) is 0 Å². The van der Waals surface area contributed by atoms with Gasteiger partial charge in [0.2, 0.25) is 0 Å². The molecule has 84 valence electrons. The van der Waals surface area contributed by atoms with Crippen molar-refractivity contribution in [2.24, 2.45) is 0 Å². The van der Waals surface area contributed by atoms with Crippen molar-refractivity contribution < 1.29 is 0 Å². The summed E-state index contributed by atoms with van der Waals surface area (Å²) in [5.41, 5.74) is 4.00. The van der Waals surface area contributed by atoms with Gasteiger partial charge in [-0.3, -0.25) is 4.79 Å². The molecule has 0 aliphatic carbocycles. The third-order valence-electron chi connectivity index (χ3n) is 2.58. The Morgan fingerprint density at radius 1 is 1.44 bits per heavy atom. The standard InChI is InChI=1S/C12H14N2OS/c1-9-3-5-14(12(15)7-9)6-4-11-10(2)13-8-16-11/h3,5,7-8H,4,6H2,1-2H3. The van der Waals surface area contributed by atoms with Crippen LogP contribution in [0.4, 0.5) is 0 Å². The lowest BCUT2D eigenvalue weighted by Crippen LogP contribution is -2.19. The Bertz CT molecular complexity index is 542. The SMILES string of the molecule is Cc1ccn(CCc2scnc2C)c(=O)c1. The zero-order valence-corrected chi connectivity index (χ0v) is 10.3. The molecule has 0 amide bonds. The van der Waals surface area contributed by atoms with Gasteiger partial charge in [0.05, 0.1) is 11.2 Å². The second-order valence-corrected chi connectivity index (χ2v) is 4.79. The van der Waals surface area contributed by atoms with Gasteiger partial charge in [-0.2, -0.15) is 0 Å². The summed E-state index contributed by atoms with van der Waals surface area (Å²) < 4.78 is 1.74. The Kier molecular flexibility index (Phi) is 3.19. The molecule has 2 rings (SSSR count). The molecule has 0 aliphatic rings. The minimum Gasteiger partial charge on any atom is -0.315 e. The first-order valence-electron chi connectivity index (χ1n) is 5.23. The van der Waals surface area contributed by atoms with Gasteiger partial charge >= 0.3 is 0 Å². The largest absolute Gasteiger partial charge is 0.315 e. The number of thiazole rings is 1. The molecule has 0 aliphatic heterocycles. The molecule has 0 unspecified atom stereocenters. The van der Waals surface area contributed by atoms with Crippen LogP contribution >= 0.6 is 11.3 Å². The van der Waals surface area contributed by atoms with Crippen LogP contribution in [0.2, 0.25) is 0 Å². The molecule has 0 saturated heterocycles. The zero-order valence-electron chi connectivity index (χ0n) is 9.43. The second-order valence-electron chi connectivity index (χ2n) is 3.85. The molecule has 0 bridgehead atoms. The Morgan fingerprint density at radius 2 is 2.25 bits per heavy atom. The summed E-state index contributed by atoms with van der Waals surface area (Å²) in [7, 11) is 0. The summed E-state index contributed by atoms with van der Waals surface area (Å²) in [5.74, 6) is 0. The highest BCUT2D eigenvalue weighted by Gasteiger charge is 2.02. The molecule has 0 spiro atoms. The number of pyridine rings is 1. The van der Waals surface area contributed by atoms with Crippen LogP contribution in [0, 0.1) is 13.8 Å². The molecule has 16 heavy (non-hydrogen) atoms. The van der Waals surface area contributed by atoms with Crippen molar-refractivity contribution in [3.63, 3.8) is 0 Å². The Hall–Kier alpha value is -1.42. The highest BCUT2D eigenvalue weighted by Crippen LogP contribution is 2.13. The van der Waals surface area contributed by atoms with E-state index >= 15 is 0 Å².